The van der Waals surface area contributed by atoms with Crippen LogP contribution in [0.3, 0.4) is 0 Å². The summed E-state index contributed by atoms with van der Waals surface area (Å²) in [5.74, 6) is -2.20. The van der Waals surface area contributed by atoms with Gasteiger partial charge in [-0.1, -0.05) is 17.3 Å². The van der Waals surface area contributed by atoms with Gasteiger partial charge >= 0.3 is 5.97 Å². The minimum Gasteiger partial charge on any atom is -0.480 e. The Kier molecular flexibility index (Phi) is 8.95. The molecule has 0 fully saturated rings. The van der Waals surface area contributed by atoms with Gasteiger partial charge in [0.25, 0.3) is 0 Å². The Hall–Kier alpha value is -4.19. The quantitative estimate of drug-likeness (QED) is 0.333. The molecule has 2 atom stereocenters. The fraction of sp³-hybridized carbons (Fsp3) is 0.348. The summed E-state index contributed by atoms with van der Waals surface area (Å²) in [5.41, 5.74) is 2.46. The Bertz CT molecular complexity index is 1080. The zero-order valence-electron chi connectivity index (χ0n) is 19.5. The Labute approximate surface area is 202 Å². The average Bonchev–Trinajstić information content (AvgIpc) is 3.26. The summed E-state index contributed by atoms with van der Waals surface area (Å²) in [5, 5.41) is 21.9. The van der Waals surface area contributed by atoms with Crippen molar-refractivity contribution in [3.05, 3.63) is 72.1 Å². The summed E-state index contributed by atoms with van der Waals surface area (Å²) < 4.78 is 1.38. The van der Waals surface area contributed by atoms with E-state index >= 15 is 0 Å². The first-order valence-corrected chi connectivity index (χ1v) is 11.0. The normalized spacial score (nSPS) is 12.7. The van der Waals surface area contributed by atoms with Gasteiger partial charge in [-0.05, 0) is 38.1 Å². The molecule has 0 spiro atoms. The maximum absolute atomic E-state index is 12.3. The van der Waals surface area contributed by atoms with E-state index in [2.05, 4.69) is 35.8 Å². The van der Waals surface area contributed by atoms with Crippen LogP contribution in [0.25, 0.3) is 0 Å². The average molecular weight is 481 g/mol. The number of carbonyl (C=O) groups excluding carboxylic acids is 2. The van der Waals surface area contributed by atoms with Crippen LogP contribution in [0.2, 0.25) is 0 Å². The van der Waals surface area contributed by atoms with E-state index in [1.165, 1.54) is 18.5 Å². The molecular weight excluding hydrogens is 452 g/mol. The third kappa shape index (κ3) is 8.27. The molecule has 3 rings (SSSR count). The van der Waals surface area contributed by atoms with Crippen molar-refractivity contribution >= 4 is 17.8 Å². The van der Waals surface area contributed by atoms with Crippen molar-refractivity contribution in [1.82, 2.24) is 40.5 Å². The largest absolute Gasteiger partial charge is 0.480 e. The minimum absolute atomic E-state index is 0.139. The molecule has 0 aliphatic heterocycles. The number of carboxylic acid groups (broad SMARTS) is 1. The summed E-state index contributed by atoms with van der Waals surface area (Å²) in [7, 11) is 0. The Morgan fingerprint density at radius 3 is 2.06 bits per heavy atom. The molecule has 12 heteroatoms. The second-order valence-corrected chi connectivity index (χ2v) is 8.05. The third-order valence-electron chi connectivity index (χ3n) is 5.00. The number of hydrogen-bond donors (Lipinski definition) is 3. The van der Waals surface area contributed by atoms with E-state index < -0.39 is 29.9 Å². The van der Waals surface area contributed by atoms with Crippen LogP contribution < -0.4 is 10.6 Å². The van der Waals surface area contributed by atoms with Crippen LogP contribution in [0.1, 0.15) is 30.9 Å². The number of hydrogen-bond acceptors (Lipinski definition) is 8. The predicted molar refractivity (Wildman–Crippen MR) is 124 cm³/mol. The lowest BCUT2D eigenvalue weighted by atomic mass is 10.2. The molecule has 184 valence electrons. The fourth-order valence-electron chi connectivity index (χ4n) is 3.23. The highest BCUT2D eigenvalue weighted by atomic mass is 16.4. The summed E-state index contributed by atoms with van der Waals surface area (Å²) in [6, 6.07) is 9.52. The van der Waals surface area contributed by atoms with Crippen LogP contribution in [0, 0.1) is 0 Å². The van der Waals surface area contributed by atoms with E-state index in [1.807, 2.05) is 36.4 Å². The van der Waals surface area contributed by atoms with Crippen LogP contribution >= 0.6 is 0 Å². The molecule has 0 aliphatic rings. The highest BCUT2D eigenvalue weighted by Crippen LogP contribution is 2.10. The standard InChI is InChI=1S/C23H28N8O4/c1-16(22(33)27-17(2)23(34)35)26-21(32)15-31-14-20(28-29-31)13-30(11-18-7-3-5-9-24-18)12-19-8-4-6-10-25-19/h3-10,14,16-17H,11-13,15H2,1-2H3,(H,26,32)(H,27,33)(H,34,35). The van der Waals surface area contributed by atoms with E-state index in [9.17, 15) is 14.4 Å². The maximum Gasteiger partial charge on any atom is 0.325 e. The number of amides is 2. The SMILES string of the molecule is CC(NC(=O)C(C)NC(=O)Cn1cc(CN(Cc2ccccn2)Cc2ccccn2)nn1)C(=O)O. The van der Waals surface area contributed by atoms with Gasteiger partial charge in [-0.3, -0.25) is 29.3 Å². The smallest absolute Gasteiger partial charge is 0.325 e. The molecule has 2 amide bonds. The molecular formula is C23H28N8O4. The Balaban J connectivity index is 1.58. The molecule has 0 bridgehead atoms. The van der Waals surface area contributed by atoms with Crippen molar-refractivity contribution in [3.8, 4) is 0 Å². The maximum atomic E-state index is 12.3. The molecule has 3 N–H and O–H groups in total. The number of aliphatic carboxylic acids is 1. The monoisotopic (exact) mass is 480 g/mol. The second-order valence-electron chi connectivity index (χ2n) is 8.05. The van der Waals surface area contributed by atoms with Gasteiger partial charge in [0, 0.05) is 32.0 Å². The van der Waals surface area contributed by atoms with E-state index in [1.54, 1.807) is 18.6 Å². The topological polar surface area (TPSA) is 155 Å². The van der Waals surface area contributed by atoms with Gasteiger partial charge in [0.1, 0.15) is 18.6 Å². The van der Waals surface area contributed by atoms with E-state index in [0.29, 0.717) is 25.3 Å². The molecule has 12 nitrogen and oxygen atoms in total. The van der Waals surface area contributed by atoms with Gasteiger partial charge in [0.15, 0.2) is 0 Å². The van der Waals surface area contributed by atoms with Crippen LogP contribution in [-0.2, 0) is 40.6 Å². The van der Waals surface area contributed by atoms with Crippen molar-refractivity contribution in [2.45, 2.75) is 52.1 Å². The lowest BCUT2D eigenvalue weighted by molar-refractivity contribution is -0.141. The van der Waals surface area contributed by atoms with E-state index in [4.69, 9.17) is 5.11 Å². The fourth-order valence-corrected chi connectivity index (χ4v) is 3.23. The van der Waals surface area contributed by atoms with Gasteiger partial charge in [0.2, 0.25) is 11.8 Å². The third-order valence-corrected chi connectivity index (χ3v) is 5.00. The van der Waals surface area contributed by atoms with Gasteiger partial charge in [0.05, 0.1) is 23.3 Å². The van der Waals surface area contributed by atoms with E-state index in [0.717, 1.165) is 11.4 Å². The molecule has 3 aromatic heterocycles. The molecule has 0 saturated carbocycles. The first kappa shape index (κ1) is 25.4. The summed E-state index contributed by atoms with van der Waals surface area (Å²) >= 11 is 0. The van der Waals surface area contributed by atoms with Gasteiger partial charge in [-0.25, -0.2) is 4.68 Å². The number of nitrogens with one attached hydrogen (secondary N) is 2. The van der Waals surface area contributed by atoms with E-state index in [-0.39, 0.29) is 6.54 Å². The molecule has 3 aromatic rings. The lowest BCUT2D eigenvalue weighted by Gasteiger charge is -2.20. The van der Waals surface area contributed by atoms with Gasteiger partial charge in [-0.15, -0.1) is 5.10 Å². The molecule has 3 heterocycles. The molecule has 35 heavy (non-hydrogen) atoms. The van der Waals surface area contributed by atoms with Crippen molar-refractivity contribution in [1.29, 1.82) is 0 Å². The zero-order valence-corrected chi connectivity index (χ0v) is 19.5. The molecule has 0 aromatic carbocycles. The number of rotatable bonds is 12. The van der Waals surface area contributed by atoms with Gasteiger partial charge < -0.3 is 15.7 Å². The number of carbonyl (C=O) groups is 3. The molecule has 0 radical (unpaired) electrons. The van der Waals surface area contributed by atoms with Gasteiger partial charge in [-0.2, -0.15) is 0 Å². The molecule has 0 saturated heterocycles. The van der Waals surface area contributed by atoms with Crippen molar-refractivity contribution in [2.24, 2.45) is 0 Å². The Morgan fingerprint density at radius 1 is 0.914 bits per heavy atom. The highest BCUT2D eigenvalue weighted by Gasteiger charge is 2.21. The molecule has 2 unspecified atom stereocenters. The van der Waals surface area contributed by atoms with Crippen molar-refractivity contribution in [2.75, 3.05) is 0 Å². The second kappa shape index (κ2) is 12.3. The van der Waals surface area contributed by atoms with Crippen LogP contribution in [-0.4, -0.2) is 64.8 Å². The number of pyridine rings is 2. The number of nitrogens with zero attached hydrogens (tertiary/aromatic N) is 6. The lowest BCUT2D eigenvalue weighted by Crippen LogP contribution is -2.49. The predicted octanol–water partition coefficient (Wildman–Crippen LogP) is 0.365. The number of carboxylic acids is 1. The summed E-state index contributed by atoms with van der Waals surface area (Å²) in [6.07, 6.45) is 5.15. The minimum atomic E-state index is -1.16. The first-order valence-electron chi connectivity index (χ1n) is 11.0. The highest BCUT2D eigenvalue weighted by molar-refractivity contribution is 5.89. The number of aromatic nitrogens is 5. The van der Waals surface area contributed by atoms with Crippen molar-refractivity contribution < 1.29 is 19.5 Å². The Morgan fingerprint density at radius 2 is 1.51 bits per heavy atom. The zero-order chi connectivity index (χ0) is 25.2. The van der Waals surface area contributed by atoms with Crippen LogP contribution in [0.5, 0.6) is 0 Å². The van der Waals surface area contributed by atoms with Crippen molar-refractivity contribution in [3.63, 3.8) is 0 Å². The summed E-state index contributed by atoms with van der Waals surface area (Å²) in [4.78, 5) is 46.2. The molecule has 0 aliphatic carbocycles. The first-order chi connectivity index (χ1) is 16.8. The van der Waals surface area contributed by atoms with Crippen LogP contribution in [0.15, 0.2) is 55.0 Å². The van der Waals surface area contributed by atoms with Crippen LogP contribution in [0.4, 0.5) is 0 Å². The summed E-state index contributed by atoms with van der Waals surface area (Å²) in [6.45, 7) is 4.29.